The van der Waals surface area contributed by atoms with Crippen molar-refractivity contribution in [3.05, 3.63) is 35.1 Å². The molecule has 1 unspecified atom stereocenters. The molecule has 1 atom stereocenters. The van der Waals surface area contributed by atoms with Crippen molar-refractivity contribution in [1.29, 1.82) is 0 Å². The van der Waals surface area contributed by atoms with Crippen LogP contribution in [0.25, 0.3) is 0 Å². The predicted molar refractivity (Wildman–Crippen MR) is 80.1 cm³/mol. The molecule has 0 aliphatic heterocycles. The van der Waals surface area contributed by atoms with E-state index in [1.54, 1.807) is 6.07 Å². The van der Waals surface area contributed by atoms with Crippen LogP contribution in [-0.4, -0.2) is 37.1 Å². The second-order valence-corrected chi connectivity index (χ2v) is 5.93. The Labute approximate surface area is 117 Å². The Hall–Kier alpha value is -0.930. The van der Waals surface area contributed by atoms with Gasteiger partial charge in [0, 0.05) is 11.6 Å². The van der Waals surface area contributed by atoms with Crippen molar-refractivity contribution in [2.75, 3.05) is 20.6 Å². The fourth-order valence-electron chi connectivity index (χ4n) is 2.21. The van der Waals surface area contributed by atoms with Crippen LogP contribution < -0.4 is 5.32 Å². The molecule has 2 nitrogen and oxygen atoms in total. The number of nitrogens with zero attached hydrogens (tertiary/aromatic N) is 1. The van der Waals surface area contributed by atoms with Crippen LogP contribution in [0.2, 0.25) is 0 Å². The Morgan fingerprint density at radius 2 is 1.95 bits per heavy atom. The van der Waals surface area contributed by atoms with E-state index in [4.69, 9.17) is 0 Å². The molecule has 0 heterocycles. The molecule has 1 N–H and O–H groups in total. The van der Waals surface area contributed by atoms with Crippen LogP contribution in [0.4, 0.5) is 4.39 Å². The zero-order valence-electron chi connectivity index (χ0n) is 13.0. The normalized spacial score (nSPS) is 13.9. The largest absolute Gasteiger partial charge is 0.312 e. The van der Waals surface area contributed by atoms with Gasteiger partial charge in [-0.25, -0.2) is 4.39 Å². The van der Waals surface area contributed by atoms with Gasteiger partial charge in [0.1, 0.15) is 5.82 Å². The highest BCUT2D eigenvalue weighted by molar-refractivity contribution is 5.28. The molecule has 1 aromatic carbocycles. The molecule has 0 saturated carbocycles. The van der Waals surface area contributed by atoms with Gasteiger partial charge < -0.3 is 10.2 Å². The second-order valence-electron chi connectivity index (χ2n) is 5.93. The van der Waals surface area contributed by atoms with Crippen molar-refractivity contribution in [1.82, 2.24) is 10.2 Å². The Morgan fingerprint density at radius 3 is 2.47 bits per heavy atom. The summed E-state index contributed by atoms with van der Waals surface area (Å²) in [5.74, 6) is -0.154. The molecule has 19 heavy (non-hydrogen) atoms. The number of rotatable bonds is 6. The Kier molecular flexibility index (Phi) is 5.50. The van der Waals surface area contributed by atoms with Crippen molar-refractivity contribution in [3.63, 3.8) is 0 Å². The van der Waals surface area contributed by atoms with Gasteiger partial charge in [-0.05, 0) is 71.1 Å². The molecular weight excluding hydrogens is 239 g/mol. The highest BCUT2D eigenvalue weighted by Crippen LogP contribution is 2.21. The van der Waals surface area contributed by atoms with Gasteiger partial charge in [0.25, 0.3) is 0 Å². The molecule has 1 aromatic rings. The number of nitrogens with one attached hydrogen (secondary N) is 1. The number of hydrogen-bond donors (Lipinski definition) is 1. The molecule has 0 aromatic heterocycles. The van der Waals surface area contributed by atoms with Gasteiger partial charge >= 0.3 is 0 Å². The maximum atomic E-state index is 13.4. The molecule has 0 fully saturated rings. The summed E-state index contributed by atoms with van der Waals surface area (Å²) in [5.41, 5.74) is 2.24. The number of benzene rings is 1. The van der Waals surface area contributed by atoms with E-state index < -0.39 is 0 Å². The third-order valence-corrected chi connectivity index (χ3v) is 4.19. The summed E-state index contributed by atoms with van der Waals surface area (Å²) in [6.45, 7) is 9.50. The van der Waals surface area contributed by atoms with Gasteiger partial charge in [0.2, 0.25) is 0 Å². The van der Waals surface area contributed by atoms with E-state index in [0.717, 1.165) is 24.1 Å². The summed E-state index contributed by atoms with van der Waals surface area (Å²) >= 11 is 0. The van der Waals surface area contributed by atoms with Crippen LogP contribution in [0, 0.1) is 12.7 Å². The lowest BCUT2D eigenvalue weighted by atomic mass is 9.87. The predicted octanol–water partition coefficient (Wildman–Crippen LogP) is 2.99. The lowest BCUT2D eigenvalue weighted by Crippen LogP contribution is -2.56. The zero-order chi connectivity index (χ0) is 14.6. The quantitative estimate of drug-likeness (QED) is 0.851. The van der Waals surface area contributed by atoms with Crippen molar-refractivity contribution >= 4 is 0 Å². The first-order chi connectivity index (χ1) is 8.78. The molecule has 3 heteroatoms. The van der Waals surface area contributed by atoms with E-state index in [1.807, 2.05) is 13.0 Å². The fraction of sp³-hybridized carbons (Fsp3) is 0.625. The minimum absolute atomic E-state index is 0.00870. The highest BCUT2D eigenvalue weighted by atomic mass is 19.1. The lowest BCUT2D eigenvalue weighted by Gasteiger charge is -2.41. The second kappa shape index (κ2) is 6.49. The summed E-state index contributed by atoms with van der Waals surface area (Å²) in [5, 5.41) is 3.54. The average Bonchev–Trinajstić information content (AvgIpc) is 2.32. The van der Waals surface area contributed by atoms with E-state index in [-0.39, 0.29) is 17.4 Å². The standard InChI is InChI=1S/C16H27FN2/c1-7-18-15(16(3,4)19(5)6)11-13-10-14(17)9-8-12(13)2/h8-10,15,18H,7,11H2,1-6H3. The van der Waals surface area contributed by atoms with Gasteiger partial charge in [0.05, 0.1) is 0 Å². The SMILES string of the molecule is CCNC(Cc1cc(F)ccc1C)C(C)(C)N(C)C. The van der Waals surface area contributed by atoms with Gasteiger partial charge in [-0.15, -0.1) is 0 Å². The average molecular weight is 266 g/mol. The Bertz CT molecular complexity index is 413. The summed E-state index contributed by atoms with van der Waals surface area (Å²) in [6.07, 6.45) is 0.836. The van der Waals surface area contributed by atoms with Gasteiger partial charge in [0.15, 0.2) is 0 Å². The molecule has 0 bridgehead atoms. The van der Waals surface area contributed by atoms with E-state index in [9.17, 15) is 4.39 Å². The number of halogens is 1. The summed E-state index contributed by atoms with van der Waals surface area (Å²) in [4.78, 5) is 2.22. The maximum Gasteiger partial charge on any atom is 0.123 e. The van der Waals surface area contributed by atoms with Crippen LogP contribution in [0.15, 0.2) is 18.2 Å². The number of likely N-dealkylation sites (N-methyl/N-ethyl adjacent to an activating group) is 2. The third kappa shape index (κ3) is 4.02. The molecule has 1 rings (SSSR count). The Balaban J connectivity index is 2.99. The molecule has 0 radical (unpaired) electrons. The first kappa shape index (κ1) is 16.1. The maximum absolute atomic E-state index is 13.4. The van der Waals surface area contributed by atoms with E-state index in [2.05, 4.69) is 45.1 Å². The smallest absolute Gasteiger partial charge is 0.123 e. The molecular formula is C16H27FN2. The van der Waals surface area contributed by atoms with E-state index in [0.29, 0.717) is 0 Å². The summed E-state index contributed by atoms with van der Waals surface area (Å²) in [7, 11) is 4.17. The van der Waals surface area contributed by atoms with Crippen LogP contribution >= 0.6 is 0 Å². The Morgan fingerprint density at radius 1 is 1.32 bits per heavy atom. The first-order valence-electron chi connectivity index (χ1n) is 6.94. The van der Waals surface area contributed by atoms with Crippen molar-refractivity contribution in [2.24, 2.45) is 0 Å². The molecule has 0 aliphatic rings. The molecule has 0 amide bonds. The minimum atomic E-state index is -0.154. The number of aryl methyl sites for hydroxylation is 1. The summed E-state index contributed by atoms with van der Waals surface area (Å²) in [6, 6.07) is 5.33. The number of hydrogen-bond acceptors (Lipinski definition) is 2. The minimum Gasteiger partial charge on any atom is -0.312 e. The monoisotopic (exact) mass is 266 g/mol. The zero-order valence-corrected chi connectivity index (χ0v) is 13.0. The molecule has 0 aliphatic carbocycles. The van der Waals surface area contributed by atoms with Crippen LogP contribution in [0.3, 0.4) is 0 Å². The topological polar surface area (TPSA) is 15.3 Å². The lowest BCUT2D eigenvalue weighted by molar-refractivity contribution is 0.138. The van der Waals surface area contributed by atoms with Crippen LogP contribution in [0.1, 0.15) is 31.9 Å². The summed E-state index contributed by atoms with van der Waals surface area (Å²) < 4.78 is 13.4. The van der Waals surface area contributed by atoms with Gasteiger partial charge in [-0.1, -0.05) is 13.0 Å². The van der Waals surface area contributed by atoms with Crippen molar-refractivity contribution < 1.29 is 4.39 Å². The fourth-order valence-corrected chi connectivity index (χ4v) is 2.21. The van der Waals surface area contributed by atoms with Crippen molar-refractivity contribution in [3.8, 4) is 0 Å². The van der Waals surface area contributed by atoms with Crippen LogP contribution in [0.5, 0.6) is 0 Å². The van der Waals surface area contributed by atoms with Crippen LogP contribution in [-0.2, 0) is 6.42 Å². The molecule has 0 spiro atoms. The van der Waals surface area contributed by atoms with E-state index in [1.165, 1.54) is 6.07 Å². The molecule has 0 saturated heterocycles. The highest BCUT2D eigenvalue weighted by Gasteiger charge is 2.31. The third-order valence-electron chi connectivity index (χ3n) is 4.19. The van der Waals surface area contributed by atoms with Gasteiger partial charge in [-0.3, -0.25) is 0 Å². The van der Waals surface area contributed by atoms with Crippen molar-refractivity contribution in [2.45, 2.75) is 45.7 Å². The van der Waals surface area contributed by atoms with Gasteiger partial charge in [-0.2, -0.15) is 0 Å². The molecule has 108 valence electrons. The first-order valence-corrected chi connectivity index (χ1v) is 6.94. The van der Waals surface area contributed by atoms with E-state index >= 15 is 0 Å².